The minimum absolute atomic E-state index is 0.175. The summed E-state index contributed by atoms with van der Waals surface area (Å²) in [5.41, 5.74) is 4.54. The number of amides is 1. The maximum absolute atomic E-state index is 13.9. The van der Waals surface area contributed by atoms with Crippen molar-refractivity contribution in [3.63, 3.8) is 0 Å². The molecule has 0 spiro atoms. The summed E-state index contributed by atoms with van der Waals surface area (Å²) in [6.07, 6.45) is -4.74. The molecule has 0 aliphatic rings. The van der Waals surface area contributed by atoms with Crippen molar-refractivity contribution in [1.82, 2.24) is 0 Å². The predicted octanol–water partition coefficient (Wildman–Crippen LogP) is 3.54. The molecule has 0 bridgehead atoms. The monoisotopic (exact) mass is 297 g/mol. The van der Waals surface area contributed by atoms with E-state index in [-0.39, 0.29) is 17.5 Å². The zero-order chi connectivity index (χ0) is 15.6. The Balaban J connectivity index is 2.59. The summed E-state index contributed by atoms with van der Waals surface area (Å²) in [6.45, 7) is 0. The number of carbonyl (C=O) groups excluding carboxylic acids is 1. The minimum atomic E-state index is -4.57. The second-order valence-corrected chi connectivity index (χ2v) is 4.49. The van der Waals surface area contributed by atoms with E-state index in [1.54, 1.807) is 12.1 Å². The molecule has 21 heavy (non-hydrogen) atoms. The van der Waals surface area contributed by atoms with E-state index in [4.69, 9.17) is 5.73 Å². The van der Waals surface area contributed by atoms with Gasteiger partial charge in [-0.3, -0.25) is 4.79 Å². The third kappa shape index (κ3) is 3.39. The van der Waals surface area contributed by atoms with Gasteiger partial charge in [0.1, 0.15) is 5.82 Å². The molecule has 110 valence electrons. The summed E-state index contributed by atoms with van der Waals surface area (Å²) >= 11 is 0. The van der Waals surface area contributed by atoms with Crippen LogP contribution in [-0.4, -0.2) is 5.91 Å². The Bertz CT molecular complexity index is 680. The second-order valence-electron chi connectivity index (χ2n) is 4.49. The van der Waals surface area contributed by atoms with E-state index in [1.807, 2.05) is 0 Å². The number of halogens is 4. The lowest BCUT2D eigenvalue weighted by Crippen LogP contribution is -2.14. The average Bonchev–Trinajstić information content (AvgIpc) is 2.38. The highest BCUT2D eigenvalue weighted by Crippen LogP contribution is 2.34. The molecule has 0 atom stereocenters. The fourth-order valence-electron chi connectivity index (χ4n) is 2.03. The molecule has 0 saturated carbocycles. The van der Waals surface area contributed by atoms with Gasteiger partial charge < -0.3 is 5.73 Å². The molecule has 0 saturated heterocycles. The number of benzene rings is 2. The summed E-state index contributed by atoms with van der Waals surface area (Å²) in [5, 5.41) is 0. The molecule has 0 aromatic heterocycles. The number of hydrogen-bond donors (Lipinski definition) is 1. The summed E-state index contributed by atoms with van der Waals surface area (Å²) in [7, 11) is 0. The Morgan fingerprint density at radius 2 is 1.71 bits per heavy atom. The van der Waals surface area contributed by atoms with Crippen molar-refractivity contribution in [3.8, 4) is 11.1 Å². The van der Waals surface area contributed by atoms with Crippen molar-refractivity contribution in [3.05, 3.63) is 59.4 Å². The third-order valence-corrected chi connectivity index (χ3v) is 2.97. The van der Waals surface area contributed by atoms with Crippen LogP contribution < -0.4 is 5.73 Å². The van der Waals surface area contributed by atoms with Crippen molar-refractivity contribution in [1.29, 1.82) is 0 Å². The standard InChI is InChI=1S/C15H11F4NO/c16-13-6-5-10(15(17,18)19)8-12(13)11-4-2-1-3-9(11)7-14(20)21/h1-6,8H,7H2,(H2,20,21). The molecule has 2 aromatic rings. The van der Waals surface area contributed by atoms with Gasteiger partial charge in [-0.05, 0) is 29.3 Å². The normalized spacial score (nSPS) is 11.4. The van der Waals surface area contributed by atoms with Crippen LogP contribution in [0, 0.1) is 5.82 Å². The van der Waals surface area contributed by atoms with Crippen molar-refractivity contribution >= 4 is 5.91 Å². The van der Waals surface area contributed by atoms with Crippen LogP contribution >= 0.6 is 0 Å². The van der Waals surface area contributed by atoms with E-state index in [0.717, 1.165) is 12.1 Å². The molecule has 2 N–H and O–H groups in total. The maximum Gasteiger partial charge on any atom is 0.416 e. The SMILES string of the molecule is NC(=O)Cc1ccccc1-c1cc(C(F)(F)F)ccc1F. The van der Waals surface area contributed by atoms with Gasteiger partial charge in [0, 0.05) is 5.56 Å². The molecule has 2 rings (SSSR count). The van der Waals surface area contributed by atoms with Crippen molar-refractivity contribution < 1.29 is 22.4 Å². The number of nitrogens with two attached hydrogens (primary N) is 1. The first kappa shape index (κ1) is 15.0. The zero-order valence-electron chi connectivity index (χ0n) is 10.7. The Morgan fingerprint density at radius 3 is 2.33 bits per heavy atom. The maximum atomic E-state index is 13.9. The highest BCUT2D eigenvalue weighted by Gasteiger charge is 2.31. The molecule has 0 fully saturated rings. The van der Waals surface area contributed by atoms with Gasteiger partial charge in [-0.15, -0.1) is 0 Å². The van der Waals surface area contributed by atoms with E-state index in [1.165, 1.54) is 12.1 Å². The minimum Gasteiger partial charge on any atom is -0.369 e. The van der Waals surface area contributed by atoms with Gasteiger partial charge in [0.2, 0.25) is 5.91 Å². The Labute approximate surface area is 118 Å². The molecular formula is C15H11F4NO. The van der Waals surface area contributed by atoms with E-state index in [0.29, 0.717) is 11.6 Å². The van der Waals surface area contributed by atoms with Gasteiger partial charge in [-0.1, -0.05) is 24.3 Å². The molecule has 0 aliphatic heterocycles. The van der Waals surface area contributed by atoms with E-state index in [9.17, 15) is 22.4 Å². The Morgan fingerprint density at radius 1 is 1.05 bits per heavy atom. The van der Waals surface area contributed by atoms with E-state index in [2.05, 4.69) is 0 Å². The van der Waals surface area contributed by atoms with Crippen LogP contribution in [0.3, 0.4) is 0 Å². The highest BCUT2D eigenvalue weighted by molar-refractivity contribution is 5.80. The first-order chi connectivity index (χ1) is 9.79. The van der Waals surface area contributed by atoms with Crippen molar-refractivity contribution in [2.75, 3.05) is 0 Å². The first-order valence-corrected chi connectivity index (χ1v) is 6.02. The molecule has 0 aliphatic carbocycles. The Hall–Kier alpha value is -2.37. The van der Waals surface area contributed by atoms with Gasteiger partial charge in [-0.2, -0.15) is 13.2 Å². The lowest BCUT2D eigenvalue weighted by Gasteiger charge is -2.12. The fourth-order valence-corrected chi connectivity index (χ4v) is 2.03. The van der Waals surface area contributed by atoms with Crippen LogP contribution in [0.25, 0.3) is 11.1 Å². The Kier molecular flexibility index (Phi) is 3.97. The summed E-state index contributed by atoms with van der Waals surface area (Å²) in [6, 6.07) is 8.31. The van der Waals surface area contributed by atoms with Crippen LogP contribution in [-0.2, 0) is 17.4 Å². The van der Waals surface area contributed by atoms with Gasteiger partial charge in [0.25, 0.3) is 0 Å². The van der Waals surface area contributed by atoms with Crippen molar-refractivity contribution in [2.45, 2.75) is 12.6 Å². The highest BCUT2D eigenvalue weighted by atomic mass is 19.4. The van der Waals surface area contributed by atoms with Crippen LogP contribution in [0.5, 0.6) is 0 Å². The van der Waals surface area contributed by atoms with E-state index < -0.39 is 23.5 Å². The lowest BCUT2D eigenvalue weighted by atomic mass is 9.95. The predicted molar refractivity (Wildman–Crippen MR) is 69.7 cm³/mol. The second kappa shape index (κ2) is 5.55. The molecule has 2 nitrogen and oxygen atoms in total. The summed E-state index contributed by atoms with van der Waals surface area (Å²) < 4.78 is 52.1. The number of carbonyl (C=O) groups is 1. The van der Waals surface area contributed by atoms with Gasteiger partial charge in [0.05, 0.1) is 12.0 Å². The molecule has 2 aromatic carbocycles. The quantitative estimate of drug-likeness (QED) is 0.865. The molecule has 0 unspecified atom stereocenters. The van der Waals surface area contributed by atoms with Crippen LogP contribution in [0.4, 0.5) is 17.6 Å². The molecule has 1 amide bonds. The van der Waals surface area contributed by atoms with Crippen molar-refractivity contribution in [2.24, 2.45) is 5.73 Å². The van der Waals surface area contributed by atoms with Gasteiger partial charge in [0.15, 0.2) is 0 Å². The van der Waals surface area contributed by atoms with Gasteiger partial charge >= 0.3 is 6.18 Å². The molecular weight excluding hydrogens is 286 g/mol. The summed E-state index contributed by atoms with van der Waals surface area (Å²) in [5.74, 6) is -1.44. The third-order valence-electron chi connectivity index (χ3n) is 2.97. The molecule has 0 heterocycles. The van der Waals surface area contributed by atoms with Crippen LogP contribution in [0.15, 0.2) is 42.5 Å². The van der Waals surface area contributed by atoms with E-state index >= 15 is 0 Å². The first-order valence-electron chi connectivity index (χ1n) is 6.02. The molecule has 6 heteroatoms. The van der Waals surface area contributed by atoms with Gasteiger partial charge in [-0.25, -0.2) is 4.39 Å². The largest absolute Gasteiger partial charge is 0.416 e. The number of primary amides is 1. The number of hydrogen-bond acceptors (Lipinski definition) is 1. The topological polar surface area (TPSA) is 43.1 Å². The number of alkyl halides is 3. The smallest absolute Gasteiger partial charge is 0.369 e. The molecule has 0 radical (unpaired) electrons. The summed E-state index contributed by atoms with van der Waals surface area (Å²) in [4.78, 5) is 11.0. The lowest BCUT2D eigenvalue weighted by molar-refractivity contribution is -0.137. The van der Waals surface area contributed by atoms with Crippen LogP contribution in [0.2, 0.25) is 0 Å². The average molecular weight is 297 g/mol. The number of rotatable bonds is 3. The fraction of sp³-hybridized carbons (Fsp3) is 0.133. The van der Waals surface area contributed by atoms with Crippen LogP contribution in [0.1, 0.15) is 11.1 Å². The zero-order valence-corrected chi connectivity index (χ0v) is 10.7.